The van der Waals surface area contributed by atoms with E-state index >= 15 is 0 Å². The van der Waals surface area contributed by atoms with Gasteiger partial charge in [-0.05, 0) is 77.7 Å². The molecule has 0 N–H and O–H groups in total. The topological polar surface area (TPSA) is 0 Å². The van der Waals surface area contributed by atoms with E-state index in [4.69, 9.17) is 0 Å². The normalized spacial score (nSPS) is 10.5. The van der Waals surface area contributed by atoms with Gasteiger partial charge in [0.25, 0.3) is 0 Å². The van der Waals surface area contributed by atoms with Gasteiger partial charge in [-0.15, -0.1) is 0 Å². The SMILES string of the molecule is Cc1ccc(C)c(-c2ccc(I)cc2C)c1. The molecule has 0 unspecified atom stereocenters. The second kappa shape index (κ2) is 4.58. The minimum absolute atomic E-state index is 1.30. The molecule has 2 rings (SSSR count). The fraction of sp³-hybridized carbons (Fsp3) is 0.200. The maximum absolute atomic E-state index is 2.36. The van der Waals surface area contributed by atoms with Gasteiger partial charge in [0, 0.05) is 3.57 Å². The Labute approximate surface area is 111 Å². The Morgan fingerprint density at radius 2 is 1.50 bits per heavy atom. The van der Waals surface area contributed by atoms with Crippen molar-refractivity contribution in [2.24, 2.45) is 0 Å². The highest BCUT2D eigenvalue weighted by Gasteiger charge is 2.05. The Kier molecular flexibility index (Phi) is 3.33. The van der Waals surface area contributed by atoms with Crippen LogP contribution in [0.2, 0.25) is 0 Å². The van der Waals surface area contributed by atoms with Gasteiger partial charge in [-0.1, -0.05) is 29.8 Å². The van der Waals surface area contributed by atoms with E-state index in [0.29, 0.717) is 0 Å². The van der Waals surface area contributed by atoms with Gasteiger partial charge in [-0.3, -0.25) is 0 Å². The average Bonchev–Trinajstić information content (AvgIpc) is 2.22. The maximum Gasteiger partial charge on any atom is 0.0133 e. The zero-order chi connectivity index (χ0) is 11.7. The number of aryl methyl sites for hydroxylation is 3. The standard InChI is InChI=1S/C15H15I/c1-10-4-5-11(2)15(8-10)14-7-6-13(16)9-12(14)3/h4-9H,1-3H3. The highest BCUT2D eigenvalue weighted by atomic mass is 127. The van der Waals surface area contributed by atoms with Gasteiger partial charge in [-0.2, -0.15) is 0 Å². The molecule has 0 aliphatic carbocycles. The number of halogens is 1. The molecule has 0 saturated heterocycles. The van der Waals surface area contributed by atoms with Crippen molar-refractivity contribution >= 4 is 22.6 Å². The summed E-state index contributed by atoms with van der Waals surface area (Å²) in [6.07, 6.45) is 0. The van der Waals surface area contributed by atoms with Crippen molar-refractivity contribution in [1.82, 2.24) is 0 Å². The van der Waals surface area contributed by atoms with Gasteiger partial charge in [0.2, 0.25) is 0 Å². The first-order valence-electron chi connectivity index (χ1n) is 5.42. The third-order valence-corrected chi connectivity index (χ3v) is 3.54. The second-order valence-electron chi connectivity index (χ2n) is 4.28. The molecule has 0 atom stereocenters. The first-order chi connectivity index (χ1) is 7.58. The molecule has 0 bridgehead atoms. The van der Waals surface area contributed by atoms with E-state index in [1.807, 2.05) is 0 Å². The Morgan fingerprint density at radius 3 is 2.19 bits per heavy atom. The number of benzene rings is 2. The van der Waals surface area contributed by atoms with Crippen molar-refractivity contribution in [3.05, 3.63) is 56.7 Å². The molecule has 0 amide bonds. The maximum atomic E-state index is 2.36. The average molecular weight is 322 g/mol. The first-order valence-corrected chi connectivity index (χ1v) is 6.49. The monoisotopic (exact) mass is 322 g/mol. The smallest absolute Gasteiger partial charge is 0.0133 e. The molecule has 82 valence electrons. The van der Waals surface area contributed by atoms with Crippen LogP contribution in [0.5, 0.6) is 0 Å². The molecule has 0 aliphatic rings. The van der Waals surface area contributed by atoms with Crippen molar-refractivity contribution in [3.63, 3.8) is 0 Å². The van der Waals surface area contributed by atoms with Crippen molar-refractivity contribution in [2.75, 3.05) is 0 Å². The predicted molar refractivity (Wildman–Crippen MR) is 78.8 cm³/mol. The van der Waals surface area contributed by atoms with E-state index in [-0.39, 0.29) is 0 Å². The van der Waals surface area contributed by atoms with Crippen molar-refractivity contribution < 1.29 is 0 Å². The van der Waals surface area contributed by atoms with Crippen molar-refractivity contribution in [3.8, 4) is 11.1 Å². The summed E-state index contributed by atoms with van der Waals surface area (Å²) in [7, 11) is 0. The fourth-order valence-electron chi connectivity index (χ4n) is 1.96. The van der Waals surface area contributed by atoms with Crippen LogP contribution in [0, 0.1) is 24.3 Å². The number of hydrogen-bond donors (Lipinski definition) is 0. The molecule has 0 aliphatic heterocycles. The molecular formula is C15H15I. The Balaban J connectivity index is 2.62. The van der Waals surface area contributed by atoms with E-state index in [1.165, 1.54) is 31.4 Å². The van der Waals surface area contributed by atoms with Gasteiger partial charge < -0.3 is 0 Å². The number of rotatable bonds is 1. The zero-order valence-electron chi connectivity index (χ0n) is 9.84. The fourth-order valence-corrected chi connectivity index (χ4v) is 2.60. The lowest BCUT2D eigenvalue weighted by Crippen LogP contribution is -1.88. The Hall–Kier alpha value is -0.830. The lowest BCUT2D eigenvalue weighted by atomic mass is 9.95. The van der Waals surface area contributed by atoms with Crippen LogP contribution in [0.3, 0.4) is 0 Å². The predicted octanol–water partition coefficient (Wildman–Crippen LogP) is 4.88. The van der Waals surface area contributed by atoms with Crippen LogP contribution in [0.25, 0.3) is 11.1 Å². The number of hydrogen-bond acceptors (Lipinski definition) is 0. The van der Waals surface area contributed by atoms with Crippen LogP contribution < -0.4 is 0 Å². The third-order valence-electron chi connectivity index (χ3n) is 2.87. The van der Waals surface area contributed by atoms with E-state index in [2.05, 4.69) is 79.8 Å². The van der Waals surface area contributed by atoms with Crippen LogP contribution in [-0.4, -0.2) is 0 Å². The summed E-state index contributed by atoms with van der Waals surface area (Å²) in [5.74, 6) is 0. The molecule has 1 heteroatoms. The van der Waals surface area contributed by atoms with Gasteiger partial charge in [0.05, 0.1) is 0 Å². The zero-order valence-corrected chi connectivity index (χ0v) is 12.0. The van der Waals surface area contributed by atoms with Gasteiger partial charge in [-0.25, -0.2) is 0 Å². The van der Waals surface area contributed by atoms with E-state index in [9.17, 15) is 0 Å². The molecule has 2 aromatic carbocycles. The minimum Gasteiger partial charge on any atom is -0.0590 e. The highest BCUT2D eigenvalue weighted by Crippen LogP contribution is 2.28. The summed E-state index contributed by atoms with van der Waals surface area (Å²) in [5, 5.41) is 0. The lowest BCUT2D eigenvalue weighted by Gasteiger charge is -2.10. The molecule has 0 radical (unpaired) electrons. The summed E-state index contributed by atoms with van der Waals surface area (Å²) < 4.78 is 1.30. The largest absolute Gasteiger partial charge is 0.0590 e. The Bertz CT molecular complexity index is 527. The van der Waals surface area contributed by atoms with Crippen LogP contribution in [0.4, 0.5) is 0 Å². The van der Waals surface area contributed by atoms with Gasteiger partial charge in [0.1, 0.15) is 0 Å². The summed E-state index contributed by atoms with van der Waals surface area (Å²) in [5.41, 5.74) is 6.71. The minimum atomic E-state index is 1.30. The molecule has 0 saturated carbocycles. The molecule has 0 nitrogen and oxygen atoms in total. The molecule has 0 spiro atoms. The summed E-state index contributed by atoms with van der Waals surface area (Å²) in [6.45, 7) is 6.50. The Morgan fingerprint density at radius 1 is 0.750 bits per heavy atom. The van der Waals surface area contributed by atoms with Crippen molar-refractivity contribution in [2.45, 2.75) is 20.8 Å². The van der Waals surface area contributed by atoms with E-state index < -0.39 is 0 Å². The quantitative estimate of drug-likeness (QED) is 0.656. The summed E-state index contributed by atoms with van der Waals surface area (Å²) in [4.78, 5) is 0. The molecule has 0 heterocycles. The van der Waals surface area contributed by atoms with Gasteiger partial charge in [0.15, 0.2) is 0 Å². The van der Waals surface area contributed by atoms with E-state index in [0.717, 1.165) is 0 Å². The summed E-state index contributed by atoms with van der Waals surface area (Å²) in [6, 6.07) is 13.3. The molecular weight excluding hydrogens is 307 g/mol. The molecule has 2 aromatic rings. The second-order valence-corrected chi connectivity index (χ2v) is 5.52. The molecule has 0 fully saturated rings. The van der Waals surface area contributed by atoms with Crippen LogP contribution >= 0.6 is 22.6 Å². The summed E-state index contributed by atoms with van der Waals surface area (Å²) >= 11 is 2.36. The highest BCUT2D eigenvalue weighted by molar-refractivity contribution is 14.1. The molecule has 0 aromatic heterocycles. The van der Waals surface area contributed by atoms with Crippen LogP contribution in [0.1, 0.15) is 16.7 Å². The van der Waals surface area contributed by atoms with Crippen LogP contribution in [-0.2, 0) is 0 Å². The molecule has 16 heavy (non-hydrogen) atoms. The van der Waals surface area contributed by atoms with E-state index in [1.54, 1.807) is 0 Å². The van der Waals surface area contributed by atoms with Crippen molar-refractivity contribution in [1.29, 1.82) is 0 Å². The van der Waals surface area contributed by atoms with Crippen LogP contribution in [0.15, 0.2) is 36.4 Å². The third kappa shape index (κ3) is 2.29. The van der Waals surface area contributed by atoms with Gasteiger partial charge >= 0.3 is 0 Å². The first kappa shape index (κ1) is 11.6. The lowest BCUT2D eigenvalue weighted by molar-refractivity contribution is 1.36.